The molecule has 0 aliphatic heterocycles. The molecule has 1 aromatic heterocycles. The van der Waals surface area contributed by atoms with Crippen LogP contribution in [0.3, 0.4) is 0 Å². The fourth-order valence-electron chi connectivity index (χ4n) is 4.02. The van der Waals surface area contributed by atoms with Crippen molar-refractivity contribution in [3.8, 4) is 22.4 Å². The van der Waals surface area contributed by atoms with Crippen molar-refractivity contribution >= 4 is 0 Å². The van der Waals surface area contributed by atoms with E-state index < -0.39 is 12.7 Å². The molecule has 1 nitrogen and oxygen atoms in total. The molecule has 4 rings (SSSR count). The first-order valence-corrected chi connectivity index (χ1v) is 8.74. The van der Waals surface area contributed by atoms with Gasteiger partial charge < -0.3 is 0 Å². The predicted molar refractivity (Wildman–Crippen MR) is 105 cm³/mol. The molecule has 0 fully saturated rings. The lowest BCUT2D eigenvalue weighted by molar-refractivity contribution is -0.660. The largest absolute Gasteiger partial charge is 0.212 e. The zero-order valence-electron chi connectivity index (χ0n) is 19.3. The quantitative estimate of drug-likeness (QED) is 0.427. The maximum atomic E-state index is 8.54. The molecule has 0 spiro atoms. The minimum absolute atomic E-state index is 0.243. The third kappa shape index (κ3) is 2.50. The van der Waals surface area contributed by atoms with Gasteiger partial charge in [0.05, 0.1) is 0 Å². The van der Waals surface area contributed by atoms with E-state index in [1.165, 1.54) is 27.8 Å². The van der Waals surface area contributed by atoms with Crippen LogP contribution in [0, 0.1) is 13.8 Å². The van der Waals surface area contributed by atoms with Crippen molar-refractivity contribution in [2.24, 2.45) is 7.05 Å². The first-order valence-electron chi connectivity index (χ1n) is 10.7. The van der Waals surface area contributed by atoms with Crippen LogP contribution in [0.1, 0.15) is 53.0 Å². The Labute approximate surface area is 156 Å². The number of aromatic nitrogens is 1. The van der Waals surface area contributed by atoms with Crippen molar-refractivity contribution in [2.45, 2.75) is 39.9 Å². The molecular formula is C24H26N+. The van der Waals surface area contributed by atoms with Crippen LogP contribution in [-0.2, 0) is 13.5 Å². The Morgan fingerprint density at radius 2 is 1.88 bits per heavy atom. The average molecular weight is 333 g/mol. The fourth-order valence-corrected chi connectivity index (χ4v) is 4.02. The molecule has 1 heteroatoms. The van der Waals surface area contributed by atoms with E-state index in [2.05, 4.69) is 43.3 Å². The van der Waals surface area contributed by atoms with E-state index in [0.717, 1.165) is 17.7 Å². The molecule has 1 heterocycles. The van der Waals surface area contributed by atoms with Gasteiger partial charge >= 0.3 is 0 Å². The number of aryl methyl sites for hydroxylation is 2. The predicted octanol–water partition coefficient (Wildman–Crippen LogP) is 5.49. The molecule has 2 aromatic carbocycles. The van der Waals surface area contributed by atoms with Crippen LogP contribution in [0.4, 0.5) is 0 Å². The van der Waals surface area contributed by atoms with E-state index >= 15 is 0 Å². The Kier molecular flexibility index (Phi) is 2.81. The van der Waals surface area contributed by atoms with E-state index in [4.69, 9.17) is 5.48 Å². The van der Waals surface area contributed by atoms with Crippen molar-refractivity contribution in [3.05, 3.63) is 76.5 Å². The van der Waals surface area contributed by atoms with Crippen LogP contribution in [0.5, 0.6) is 0 Å². The van der Waals surface area contributed by atoms with E-state index in [1.54, 1.807) is 20.0 Å². The summed E-state index contributed by atoms with van der Waals surface area (Å²) in [4.78, 5) is 0. The smallest absolute Gasteiger partial charge is 0.201 e. The lowest BCUT2D eigenvalue weighted by atomic mass is 9.91. The standard InChI is InChI=1S/C24H26N/c1-15(2)22-13-23(25(5)14-16(22)3)20-11-10-19-12-18-8-6-7-9-21(18)24(19)17(20)4/h6-11,13-15H,12H2,1-5H3/q+1/i3D3,15D. The summed E-state index contributed by atoms with van der Waals surface area (Å²) in [6.45, 7) is 3.37. The summed E-state index contributed by atoms with van der Waals surface area (Å²) in [5, 5.41) is 0. The van der Waals surface area contributed by atoms with Gasteiger partial charge in [-0.3, -0.25) is 0 Å². The van der Waals surface area contributed by atoms with Crippen molar-refractivity contribution in [3.63, 3.8) is 0 Å². The number of benzene rings is 2. The van der Waals surface area contributed by atoms with Crippen molar-refractivity contribution < 1.29 is 10.1 Å². The zero-order valence-corrected chi connectivity index (χ0v) is 15.3. The molecule has 1 aliphatic rings. The second-order valence-electron chi connectivity index (χ2n) is 7.20. The molecule has 126 valence electrons. The summed E-state index contributed by atoms with van der Waals surface area (Å²) in [5.74, 6) is -1.01. The first-order chi connectivity index (χ1) is 13.5. The minimum atomic E-state index is -2.25. The third-order valence-corrected chi connectivity index (χ3v) is 5.31. The van der Waals surface area contributed by atoms with Crippen LogP contribution in [0.2, 0.25) is 0 Å². The van der Waals surface area contributed by atoms with Gasteiger partial charge in [-0.1, -0.05) is 44.2 Å². The van der Waals surface area contributed by atoms with Crippen LogP contribution < -0.4 is 4.57 Å². The number of pyridine rings is 1. The maximum absolute atomic E-state index is 8.54. The molecule has 1 aliphatic carbocycles. The summed E-state index contributed by atoms with van der Waals surface area (Å²) < 4.78 is 34.2. The highest BCUT2D eigenvalue weighted by molar-refractivity contribution is 5.84. The van der Waals surface area contributed by atoms with Gasteiger partial charge in [-0.15, -0.1) is 0 Å². The van der Waals surface area contributed by atoms with Crippen LogP contribution >= 0.6 is 0 Å². The number of nitrogens with zero attached hydrogens (tertiary/aromatic N) is 1. The Hall–Kier alpha value is -2.41. The molecule has 3 aromatic rings. The summed E-state index contributed by atoms with van der Waals surface area (Å²) in [7, 11) is 1.88. The van der Waals surface area contributed by atoms with Gasteiger partial charge in [-0.2, -0.15) is 0 Å². The number of fused-ring (bicyclic) bond motifs is 3. The SMILES string of the molecule is [2H]C([2H])([2H])c1c[n+](C)c(-c2ccc3c(c2C)-c2ccccc2C3)cc1C([2H])(C)C. The third-order valence-electron chi connectivity index (χ3n) is 5.31. The molecule has 0 saturated heterocycles. The van der Waals surface area contributed by atoms with Gasteiger partial charge in [0.1, 0.15) is 7.05 Å². The highest BCUT2D eigenvalue weighted by Gasteiger charge is 2.24. The Morgan fingerprint density at radius 3 is 2.64 bits per heavy atom. The zero-order chi connectivity index (χ0) is 21.1. The Balaban J connectivity index is 1.96. The van der Waals surface area contributed by atoms with Crippen LogP contribution in [0.25, 0.3) is 22.4 Å². The van der Waals surface area contributed by atoms with E-state index in [9.17, 15) is 0 Å². The van der Waals surface area contributed by atoms with Crippen LogP contribution in [0.15, 0.2) is 48.7 Å². The van der Waals surface area contributed by atoms with E-state index in [-0.39, 0.29) is 5.56 Å². The Morgan fingerprint density at radius 1 is 1.08 bits per heavy atom. The van der Waals surface area contributed by atoms with Gasteiger partial charge in [0.15, 0.2) is 6.20 Å². The molecule has 0 amide bonds. The van der Waals surface area contributed by atoms with Gasteiger partial charge in [-0.05, 0) is 65.5 Å². The highest BCUT2D eigenvalue weighted by atomic mass is 14.9. The molecule has 0 radical (unpaired) electrons. The highest BCUT2D eigenvalue weighted by Crippen LogP contribution is 2.41. The molecule has 0 saturated carbocycles. The lowest BCUT2D eigenvalue weighted by Gasteiger charge is -2.14. The molecule has 0 bridgehead atoms. The summed E-state index contributed by atoms with van der Waals surface area (Å²) in [6.07, 6.45) is 2.62. The first kappa shape index (κ1) is 12.0. The normalized spacial score (nSPS) is 15.7. The molecule has 25 heavy (non-hydrogen) atoms. The molecule has 0 atom stereocenters. The number of rotatable bonds is 2. The lowest BCUT2D eigenvalue weighted by Crippen LogP contribution is -2.32. The number of hydrogen-bond acceptors (Lipinski definition) is 0. The second kappa shape index (κ2) is 5.84. The van der Waals surface area contributed by atoms with Gasteiger partial charge in [-0.25, -0.2) is 4.57 Å². The average Bonchev–Trinajstić information content (AvgIpc) is 3.00. The number of hydrogen-bond donors (Lipinski definition) is 0. The second-order valence-corrected chi connectivity index (χ2v) is 7.20. The van der Waals surface area contributed by atoms with Crippen molar-refractivity contribution in [1.29, 1.82) is 0 Å². The van der Waals surface area contributed by atoms with Gasteiger partial charge in [0.25, 0.3) is 0 Å². The minimum Gasteiger partial charge on any atom is -0.201 e. The Bertz CT molecular complexity index is 1120. The topological polar surface area (TPSA) is 3.88 Å². The van der Waals surface area contributed by atoms with E-state index in [1.807, 2.05) is 17.7 Å². The molecule has 0 N–H and O–H groups in total. The van der Waals surface area contributed by atoms with Crippen molar-refractivity contribution in [1.82, 2.24) is 0 Å². The monoisotopic (exact) mass is 332 g/mol. The van der Waals surface area contributed by atoms with Crippen molar-refractivity contribution in [2.75, 3.05) is 0 Å². The maximum Gasteiger partial charge on any atom is 0.212 e. The summed E-state index contributed by atoms with van der Waals surface area (Å²) in [6, 6.07) is 14.7. The van der Waals surface area contributed by atoms with Gasteiger partial charge in [0, 0.05) is 22.7 Å². The molecule has 0 unspecified atom stereocenters. The summed E-state index contributed by atoms with van der Waals surface area (Å²) in [5.41, 5.74) is 9.23. The van der Waals surface area contributed by atoms with E-state index in [0.29, 0.717) is 5.56 Å². The van der Waals surface area contributed by atoms with Crippen LogP contribution in [-0.4, -0.2) is 0 Å². The fraction of sp³-hybridized carbons (Fsp3) is 0.292. The van der Waals surface area contributed by atoms with Gasteiger partial charge in [0.2, 0.25) is 5.69 Å². The summed E-state index contributed by atoms with van der Waals surface area (Å²) >= 11 is 0. The molecular weight excluding hydrogens is 302 g/mol.